The summed E-state index contributed by atoms with van der Waals surface area (Å²) in [5, 5.41) is 0. The molecule has 0 bridgehead atoms. The average Bonchev–Trinajstić information content (AvgIpc) is 2.26. The molecule has 0 aromatic heterocycles. The van der Waals surface area contributed by atoms with E-state index in [4.69, 9.17) is 4.74 Å². The number of benzene rings is 1. The molecule has 0 saturated heterocycles. The fraction of sp³-hybridized carbons (Fsp3) is 0.429. The number of carbonyl (C=O) groups excluding carboxylic acids is 2. The SMILES string of the molecule is CC(=O)OC1CC(C)N(C(C)=O)c2cc(F)ccc21. The van der Waals surface area contributed by atoms with Crippen LogP contribution in [0.1, 0.15) is 38.9 Å². The molecule has 0 N–H and O–H groups in total. The van der Waals surface area contributed by atoms with E-state index < -0.39 is 11.9 Å². The summed E-state index contributed by atoms with van der Waals surface area (Å²) >= 11 is 0. The first-order chi connectivity index (χ1) is 8.90. The molecule has 0 aliphatic carbocycles. The predicted octanol–water partition coefficient (Wildman–Crippen LogP) is 2.58. The van der Waals surface area contributed by atoms with Crippen molar-refractivity contribution >= 4 is 17.6 Å². The van der Waals surface area contributed by atoms with E-state index in [0.717, 1.165) is 0 Å². The van der Waals surface area contributed by atoms with Crippen LogP contribution in [0.3, 0.4) is 0 Å². The van der Waals surface area contributed by atoms with E-state index in [1.807, 2.05) is 6.92 Å². The van der Waals surface area contributed by atoms with Gasteiger partial charge in [-0.25, -0.2) is 4.39 Å². The summed E-state index contributed by atoms with van der Waals surface area (Å²) < 4.78 is 18.7. The molecule has 0 spiro atoms. The molecule has 1 heterocycles. The predicted molar refractivity (Wildman–Crippen MR) is 68.1 cm³/mol. The fourth-order valence-electron chi connectivity index (χ4n) is 2.57. The molecule has 2 atom stereocenters. The van der Waals surface area contributed by atoms with Crippen LogP contribution in [0.15, 0.2) is 18.2 Å². The number of rotatable bonds is 1. The summed E-state index contributed by atoms with van der Waals surface area (Å²) in [6.07, 6.45) is 0.0799. The number of halogens is 1. The summed E-state index contributed by atoms with van der Waals surface area (Å²) in [4.78, 5) is 24.4. The largest absolute Gasteiger partial charge is 0.458 e. The van der Waals surface area contributed by atoms with Crippen LogP contribution in [0.4, 0.5) is 10.1 Å². The van der Waals surface area contributed by atoms with Gasteiger partial charge in [0.05, 0.1) is 5.69 Å². The van der Waals surface area contributed by atoms with Gasteiger partial charge in [-0.1, -0.05) is 6.07 Å². The number of ether oxygens (including phenoxy) is 1. The highest BCUT2D eigenvalue weighted by Crippen LogP contribution is 2.39. The normalized spacial score (nSPS) is 21.8. The van der Waals surface area contributed by atoms with E-state index in [1.54, 1.807) is 11.0 Å². The third-order valence-corrected chi connectivity index (χ3v) is 3.24. The van der Waals surface area contributed by atoms with Crippen molar-refractivity contribution in [1.29, 1.82) is 0 Å². The van der Waals surface area contributed by atoms with E-state index in [-0.39, 0.29) is 17.9 Å². The van der Waals surface area contributed by atoms with Crippen molar-refractivity contribution in [2.75, 3.05) is 4.90 Å². The Balaban J connectivity index is 2.49. The number of carbonyl (C=O) groups is 2. The second-order valence-corrected chi connectivity index (χ2v) is 4.77. The fourth-order valence-corrected chi connectivity index (χ4v) is 2.57. The lowest BCUT2D eigenvalue weighted by molar-refractivity contribution is -0.147. The highest BCUT2D eigenvalue weighted by atomic mass is 19.1. The quantitative estimate of drug-likeness (QED) is 0.733. The monoisotopic (exact) mass is 265 g/mol. The molecule has 2 unspecified atom stereocenters. The lowest BCUT2D eigenvalue weighted by Crippen LogP contribution is -2.42. The first-order valence-corrected chi connectivity index (χ1v) is 6.16. The third-order valence-electron chi connectivity index (χ3n) is 3.24. The Morgan fingerprint density at radius 3 is 2.63 bits per heavy atom. The Morgan fingerprint density at radius 1 is 1.37 bits per heavy atom. The van der Waals surface area contributed by atoms with Gasteiger partial charge in [-0.15, -0.1) is 0 Å². The molecule has 0 fully saturated rings. The second kappa shape index (κ2) is 4.99. The highest BCUT2D eigenvalue weighted by Gasteiger charge is 2.34. The zero-order chi connectivity index (χ0) is 14.2. The Bertz CT molecular complexity index is 529. The van der Waals surface area contributed by atoms with Crippen LogP contribution in [-0.2, 0) is 14.3 Å². The molecule has 0 saturated carbocycles. The van der Waals surface area contributed by atoms with Crippen molar-refractivity contribution in [2.24, 2.45) is 0 Å². The van der Waals surface area contributed by atoms with Gasteiger partial charge in [0.15, 0.2) is 0 Å². The van der Waals surface area contributed by atoms with Crippen LogP contribution in [0, 0.1) is 5.82 Å². The van der Waals surface area contributed by atoms with Crippen LogP contribution in [0.5, 0.6) is 0 Å². The van der Waals surface area contributed by atoms with Crippen molar-refractivity contribution in [3.05, 3.63) is 29.6 Å². The number of esters is 1. The molecular formula is C14H16FNO3. The number of fused-ring (bicyclic) bond motifs is 1. The standard InChI is InChI=1S/C14H16FNO3/c1-8-6-14(19-10(3)18)12-5-4-11(15)7-13(12)16(8)9(2)17/h4-5,7-8,14H,6H2,1-3H3. The molecule has 102 valence electrons. The van der Waals surface area contributed by atoms with Crippen LogP contribution < -0.4 is 4.90 Å². The number of nitrogens with zero attached hydrogens (tertiary/aromatic N) is 1. The number of anilines is 1. The van der Waals surface area contributed by atoms with Gasteiger partial charge in [-0.3, -0.25) is 9.59 Å². The molecule has 2 rings (SSSR count). The third kappa shape index (κ3) is 2.59. The van der Waals surface area contributed by atoms with E-state index in [1.165, 1.54) is 26.0 Å². The number of hydrogen-bond donors (Lipinski definition) is 0. The molecule has 1 aliphatic rings. The van der Waals surface area contributed by atoms with Crippen LogP contribution in [0.25, 0.3) is 0 Å². The Hall–Kier alpha value is -1.91. The smallest absolute Gasteiger partial charge is 0.303 e. The van der Waals surface area contributed by atoms with E-state index >= 15 is 0 Å². The zero-order valence-electron chi connectivity index (χ0n) is 11.1. The van der Waals surface area contributed by atoms with Crippen molar-refractivity contribution in [3.8, 4) is 0 Å². The molecular weight excluding hydrogens is 249 g/mol. The Labute approximate surface area is 111 Å². The topological polar surface area (TPSA) is 46.6 Å². The first-order valence-electron chi connectivity index (χ1n) is 6.16. The van der Waals surface area contributed by atoms with Gasteiger partial charge < -0.3 is 9.64 Å². The summed E-state index contributed by atoms with van der Waals surface area (Å²) in [5.41, 5.74) is 1.16. The lowest BCUT2D eigenvalue weighted by Gasteiger charge is -2.38. The van der Waals surface area contributed by atoms with Gasteiger partial charge in [0.25, 0.3) is 0 Å². The van der Waals surface area contributed by atoms with Gasteiger partial charge in [-0.2, -0.15) is 0 Å². The lowest BCUT2D eigenvalue weighted by atomic mass is 9.93. The van der Waals surface area contributed by atoms with E-state index in [9.17, 15) is 14.0 Å². The molecule has 1 amide bonds. The van der Waals surface area contributed by atoms with Crippen LogP contribution in [-0.4, -0.2) is 17.9 Å². The number of amides is 1. The summed E-state index contributed by atoms with van der Waals surface area (Å²) in [6.45, 7) is 4.63. The molecule has 1 aliphatic heterocycles. The molecule has 1 aromatic carbocycles. The van der Waals surface area contributed by atoms with Gasteiger partial charge >= 0.3 is 5.97 Å². The van der Waals surface area contributed by atoms with Crippen molar-refractivity contribution in [2.45, 2.75) is 39.3 Å². The van der Waals surface area contributed by atoms with Gasteiger partial charge in [0, 0.05) is 31.9 Å². The van der Waals surface area contributed by atoms with E-state index in [2.05, 4.69) is 0 Å². The van der Waals surface area contributed by atoms with Crippen molar-refractivity contribution < 1.29 is 18.7 Å². The van der Waals surface area contributed by atoms with Crippen molar-refractivity contribution in [1.82, 2.24) is 0 Å². The number of hydrogen-bond acceptors (Lipinski definition) is 3. The molecule has 1 aromatic rings. The minimum absolute atomic E-state index is 0.142. The van der Waals surface area contributed by atoms with Crippen molar-refractivity contribution in [3.63, 3.8) is 0 Å². The zero-order valence-corrected chi connectivity index (χ0v) is 11.1. The van der Waals surface area contributed by atoms with Gasteiger partial charge in [0.2, 0.25) is 5.91 Å². The summed E-state index contributed by atoms with van der Waals surface area (Å²) in [6, 6.07) is 4.04. The minimum atomic E-state index is -0.432. The first kappa shape index (κ1) is 13.5. The maximum atomic E-state index is 13.4. The average molecular weight is 265 g/mol. The van der Waals surface area contributed by atoms with E-state index in [0.29, 0.717) is 17.7 Å². The molecule has 19 heavy (non-hydrogen) atoms. The highest BCUT2D eigenvalue weighted by molar-refractivity contribution is 5.93. The maximum Gasteiger partial charge on any atom is 0.303 e. The molecule has 5 heteroatoms. The molecule has 4 nitrogen and oxygen atoms in total. The van der Waals surface area contributed by atoms with Gasteiger partial charge in [-0.05, 0) is 19.1 Å². The van der Waals surface area contributed by atoms with Crippen LogP contribution in [0.2, 0.25) is 0 Å². The van der Waals surface area contributed by atoms with Crippen LogP contribution >= 0.6 is 0 Å². The summed E-state index contributed by atoms with van der Waals surface area (Å²) in [7, 11) is 0. The minimum Gasteiger partial charge on any atom is -0.458 e. The Kier molecular flexibility index (Phi) is 3.55. The second-order valence-electron chi connectivity index (χ2n) is 4.77. The maximum absolute atomic E-state index is 13.4. The van der Waals surface area contributed by atoms with Gasteiger partial charge in [0.1, 0.15) is 11.9 Å². The molecule has 0 radical (unpaired) electrons. The summed E-state index contributed by atoms with van der Waals surface area (Å²) in [5.74, 6) is -0.954. The Morgan fingerprint density at radius 2 is 2.05 bits per heavy atom.